The molecule has 0 radical (unpaired) electrons. The summed E-state index contributed by atoms with van der Waals surface area (Å²) in [5, 5.41) is 7.21. The number of hydrogen-bond donors (Lipinski definition) is 1. The molecule has 2 heterocycles. The van der Waals surface area contributed by atoms with Gasteiger partial charge in [0.25, 0.3) is 0 Å². The third-order valence-corrected chi connectivity index (χ3v) is 2.33. The van der Waals surface area contributed by atoms with Crippen LogP contribution in [0.5, 0.6) is 0 Å². The van der Waals surface area contributed by atoms with Gasteiger partial charge in [0.05, 0.1) is 19.5 Å². The molecule has 0 aliphatic rings. The normalized spacial score (nSPS) is 10.2. The van der Waals surface area contributed by atoms with Gasteiger partial charge >= 0.3 is 5.97 Å². The molecule has 0 aliphatic heterocycles. The van der Waals surface area contributed by atoms with E-state index in [0.29, 0.717) is 18.8 Å². The number of ether oxygens (including phenoxy) is 1. The number of hydrogen-bond acceptors (Lipinski definition) is 7. The number of aromatic nitrogens is 5. The second kappa shape index (κ2) is 5.89. The molecule has 0 bridgehead atoms. The van der Waals surface area contributed by atoms with Crippen molar-refractivity contribution in [3.8, 4) is 0 Å². The molecule has 0 atom stereocenters. The van der Waals surface area contributed by atoms with E-state index in [1.165, 1.54) is 19.5 Å². The lowest BCUT2D eigenvalue weighted by molar-refractivity contribution is 0.0593. The van der Waals surface area contributed by atoms with Crippen LogP contribution in [0, 0.1) is 0 Å². The molecule has 19 heavy (non-hydrogen) atoms. The minimum Gasteiger partial charge on any atom is -0.464 e. The van der Waals surface area contributed by atoms with E-state index in [2.05, 4.69) is 30.1 Å². The van der Waals surface area contributed by atoms with E-state index in [9.17, 15) is 4.79 Å². The van der Waals surface area contributed by atoms with Crippen LogP contribution in [0.15, 0.2) is 18.7 Å². The number of nitrogens with one attached hydrogen (secondary N) is 1. The lowest BCUT2D eigenvalue weighted by atomic mass is 10.4. The van der Waals surface area contributed by atoms with Gasteiger partial charge in [-0.2, -0.15) is 5.10 Å². The van der Waals surface area contributed by atoms with Crippen molar-refractivity contribution in [3.63, 3.8) is 0 Å². The van der Waals surface area contributed by atoms with Gasteiger partial charge in [0, 0.05) is 20.0 Å². The van der Waals surface area contributed by atoms with Crippen molar-refractivity contribution in [2.24, 2.45) is 7.05 Å². The maximum absolute atomic E-state index is 11.3. The Balaban J connectivity index is 1.90. The van der Waals surface area contributed by atoms with Crippen LogP contribution in [0.25, 0.3) is 0 Å². The summed E-state index contributed by atoms with van der Waals surface area (Å²) in [6.45, 7) is 0.601. The van der Waals surface area contributed by atoms with Crippen LogP contribution in [-0.2, 0) is 18.2 Å². The smallest absolute Gasteiger partial charge is 0.358 e. The standard InChI is InChI=1S/C11H14N6O2/c1-17-7-14-9(16-17)3-4-13-10-6-12-5-8(15-10)11(18)19-2/h5-7H,3-4H2,1-2H3,(H,13,15). The molecule has 0 saturated heterocycles. The minimum atomic E-state index is -0.512. The Morgan fingerprint density at radius 3 is 3.00 bits per heavy atom. The predicted molar refractivity (Wildman–Crippen MR) is 66.6 cm³/mol. The van der Waals surface area contributed by atoms with E-state index in [1.807, 2.05) is 7.05 Å². The summed E-state index contributed by atoms with van der Waals surface area (Å²) in [4.78, 5) is 23.4. The van der Waals surface area contributed by atoms with Crippen LogP contribution in [0.1, 0.15) is 16.3 Å². The third-order valence-electron chi connectivity index (χ3n) is 2.33. The van der Waals surface area contributed by atoms with Gasteiger partial charge in [0.15, 0.2) is 11.5 Å². The Morgan fingerprint density at radius 1 is 1.47 bits per heavy atom. The molecule has 0 unspecified atom stereocenters. The van der Waals surface area contributed by atoms with Crippen LogP contribution in [0.2, 0.25) is 0 Å². The van der Waals surface area contributed by atoms with Gasteiger partial charge in [0.1, 0.15) is 12.1 Å². The number of anilines is 1. The first-order chi connectivity index (χ1) is 9.19. The first-order valence-electron chi connectivity index (χ1n) is 5.68. The Bertz CT molecular complexity index is 568. The zero-order valence-electron chi connectivity index (χ0n) is 10.7. The van der Waals surface area contributed by atoms with E-state index in [-0.39, 0.29) is 5.69 Å². The molecule has 0 fully saturated rings. The summed E-state index contributed by atoms with van der Waals surface area (Å²) >= 11 is 0. The van der Waals surface area contributed by atoms with Gasteiger partial charge in [-0.1, -0.05) is 0 Å². The summed E-state index contributed by atoms with van der Waals surface area (Å²) in [7, 11) is 3.12. The zero-order chi connectivity index (χ0) is 13.7. The molecule has 0 amide bonds. The van der Waals surface area contributed by atoms with Gasteiger partial charge in [-0.05, 0) is 0 Å². The molecule has 2 aromatic rings. The number of carbonyl (C=O) groups is 1. The third kappa shape index (κ3) is 3.47. The highest BCUT2D eigenvalue weighted by Crippen LogP contribution is 2.03. The Kier molecular flexibility index (Phi) is 4.01. The van der Waals surface area contributed by atoms with E-state index in [0.717, 1.165) is 5.82 Å². The highest BCUT2D eigenvalue weighted by Gasteiger charge is 2.08. The Labute approximate surface area is 109 Å². The summed E-state index contributed by atoms with van der Waals surface area (Å²) in [6.07, 6.45) is 5.20. The molecule has 8 nitrogen and oxygen atoms in total. The van der Waals surface area contributed by atoms with Crippen molar-refractivity contribution in [1.82, 2.24) is 24.7 Å². The minimum absolute atomic E-state index is 0.170. The molecule has 0 saturated carbocycles. The second-order valence-electron chi connectivity index (χ2n) is 3.79. The average molecular weight is 262 g/mol. The van der Waals surface area contributed by atoms with Crippen molar-refractivity contribution in [2.45, 2.75) is 6.42 Å². The van der Waals surface area contributed by atoms with Crippen LogP contribution in [-0.4, -0.2) is 44.4 Å². The molecule has 1 N–H and O–H groups in total. The molecular weight excluding hydrogens is 248 g/mol. The molecule has 2 aromatic heterocycles. The molecule has 0 spiro atoms. The first kappa shape index (κ1) is 12.9. The topological polar surface area (TPSA) is 94.8 Å². The van der Waals surface area contributed by atoms with Crippen molar-refractivity contribution in [1.29, 1.82) is 0 Å². The van der Waals surface area contributed by atoms with Crippen LogP contribution in [0.3, 0.4) is 0 Å². The van der Waals surface area contributed by atoms with Crippen LogP contribution < -0.4 is 5.32 Å². The second-order valence-corrected chi connectivity index (χ2v) is 3.79. The maximum Gasteiger partial charge on any atom is 0.358 e. The average Bonchev–Trinajstić information content (AvgIpc) is 2.84. The van der Waals surface area contributed by atoms with Crippen molar-refractivity contribution < 1.29 is 9.53 Å². The Morgan fingerprint density at radius 2 is 2.32 bits per heavy atom. The number of esters is 1. The fourth-order valence-corrected chi connectivity index (χ4v) is 1.45. The predicted octanol–water partition coefficient (Wildman–Crippen LogP) is 0.0463. The number of nitrogens with zero attached hydrogens (tertiary/aromatic N) is 5. The van der Waals surface area contributed by atoms with Gasteiger partial charge in [-0.15, -0.1) is 0 Å². The van der Waals surface area contributed by atoms with Gasteiger partial charge < -0.3 is 10.1 Å². The van der Waals surface area contributed by atoms with Gasteiger partial charge in [0.2, 0.25) is 0 Å². The van der Waals surface area contributed by atoms with E-state index >= 15 is 0 Å². The van der Waals surface area contributed by atoms with Crippen molar-refractivity contribution in [2.75, 3.05) is 19.0 Å². The molecular formula is C11H14N6O2. The molecule has 100 valence electrons. The maximum atomic E-state index is 11.3. The first-order valence-corrected chi connectivity index (χ1v) is 5.68. The largest absolute Gasteiger partial charge is 0.464 e. The number of aryl methyl sites for hydroxylation is 1. The summed E-state index contributed by atoms with van der Waals surface area (Å²) < 4.78 is 6.22. The summed E-state index contributed by atoms with van der Waals surface area (Å²) in [5.74, 6) is 0.744. The summed E-state index contributed by atoms with van der Waals surface area (Å²) in [6, 6.07) is 0. The molecule has 2 rings (SSSR count). The molecule has 0 aromatic carbocycles. The number of methoxy groups -OCH3 is 1. The fourth-order valence-electron chi connectivity index (χ4n) is 1.45. The molecule has 8 heteroatoms. The van der Waals surface area contributed by atoms with E-state index in [4.69, 9.17) is 0 Å². The fraction of sp³-hybridized carbons (Fsp3) is 0.364. The number of carbonyl (C=O) groups excluding carboxylic acids is 1. The highest BCUT2D eigenvalue weighted by atomic mass is 16.5. The highest BCUT2D eigenvalue weighted by molar-refractivity contribution is 5.87. The van der Waals surface area contributed by atoms with E-state index in [1.54, 1.807) is 11.0 Å². The zero-order valence-corrected chi connectivity index (χ0v) is 10.7. The van der Waals surface area contributed by atoms with Gasteiger partial charge in [-0.25, -0.2) is 14.8 Å². The van der Waals surface area contributed by atoms with Crippen LogP contribution >= 0.6 is 0 Å². The summed E-state index contributed by atoms with van der Waals surface area (Å²) in [5.41, 5.74) is 0.170. The number of rotatable bonds is 5. The Hall–Kier alpha value is -2.51. The SMILES string of the molecule is COC(=O)c1cncc(NCCc2ncn(C)n2)n1. The van der Waals surface area contributed by atoms with Crippen LogP contribution in [0.4, 0.5) is 5.82 Å². The van der Waals surface area contributed by atoms with Gasteiger partial charge in [-0.3, -0.25) is 9.67 Å². The lowest BCUT2D eigenvalue weighted by Crippen LogP contribution is -2.11. The molecule has 0 aliphatic carbocycles. The quantitative estimate of drug-likeness (QED) is 0.760. The van der Waals surface area contributed by atoms with E-state index < -0.39 is 5.97 Å². The van der Waals surface area contributed by atoms with Crippen molar-refractivity contribution >= 4 is 11.8 Å². The monoisotopic (exact) mass is 262 g/mol. The van der Waals surface area contributed by atoms with Crippen molar-refractivity contribution in [3.05, 3.63) is 30.2 Å². The lowest BCUT2D eigenvalue weighted by Gasteiger charge is -2.04.